The Labute approximate surface area is 75.4 Å². The summed E-state index contributed by atoms with van der Waals surface area (Å²) in [5.74, 6) is -1.44. The van der Waals surface area contributed by atoms with Crippen molar-refractivity contribution in [1.29, 1.82) is 0 Å². The maximum absolute atomic E-state index is 12.0. The molecule has 2 N–H and O–H groups in total. The van der Waals surface area contributed by atoms with E-state index in [1.54, 1.807) is 0 Å². The van der Waals surface area contributed by atoms with Crippen molar-refractivity contribution >= 4 is 5.88 Å². The van der Waals surface area contributed by atoms with Gasteiger partial charge in [0.15, 0.2) is 6.04 Å². The number of hydrogen-bond donors (Lipinski definition) is 1. The number of rotatable bonds is 2. The fourth-order valence-electron chi connectivity index (χ4n) is 0.769. The van der Waals surface area contributed by atoms with Gasteiger partial charge < -0.3 is 10.2 Å². The minimum absolute atomic E-state index is 0.677. The summed E-state index contributed by atoms with van der Waals surface area (Å²) in [5, 5.41) is 10.1. The second-order valence-corrected chi connectivity index (χ2v) is 2.45. The molecule has 1 aromatic heterocycles. The van der Waals surface area contributed by atoms with E-state index in [-0.39, 0.29) is 0 Å². The monoisotopic (exact) mass is 210 g/mol. The van der Waals surface area contributed by atoms with Crippen LogP contribution >= 0.6 is 0 Å². The lowest BCUT2D eigenvalue weighted by Crippen LogP contribution is -2.27. The lowest BCUT2D eigenvalue weighted by atomic mass is 10.2. The van der Waals surface area contributed by atoms with Gasteiger partial charge in [-0.05, 0) is 6.07 Å². The molecule has 0 aliphatic heterocycles. The summed E-state index contributed by atoms with van der Waals surface area (Å²) in [6.07, 6.45) is -4.67. The molecule has 0 fully saturated rings. The molecule has 0 aliphatic carbocycles. The van der Waals surface area contributed by atoms with Crippen molar-refractivity contribution in [1.82, 2.24) is 0 Å². The third kappa shape index (κ3) is 2.02. The van der Waals surface area contributed by atoms with Crippen molar-refractivity contribution in [3.63, 3.8) is 0 Å². The predicted octanol–water partition coefficient (Wildman–Crippen LogP) is 1.75. The topological polar surface area (TPSA) is 82.3 Å². The van der Waals surface area contributed by atoms with Gasteiger partial charge in [0.25, 0.3) is 0 Å². The minimum Gasteiger partial charge on any atom is -0.404 e. The number of nitro groups is 1. The number of alkyl halides is 3. The highest BCUT2D eigenvalue weighted by Crippen LogP contribution is 2.32. The molecule has 1 heterocycles. The summed E-state index contributed by atoms with van der Waals surface area (Å²) in [7, 11) is 0. The zero-order valence-electron chi connectivity index (χ0n) is 6.62. The fourth-order valence-corrected chi connectivity index (χ4v) is 0.769. The normalized spacial score (nSPS) is 14.0. The molecule has 0 aromatic carbocycles. The first-order chi connectivity index (χ1) is 6.32. The zero-order chi connectivity index (χ0) is 10.9. The Morgan fingerprint density at radius 2 is 2.07 bits per heavy atom. The first-order valence-electron chi connectivity index (χ1n) is 3.39. The van der Waals surface area contributed by atoms with Crippen LogP contribution in [-0.2, 0) is 0 Å². The van der Waals surface area contributed by atoms with Gasteiger partial charge in [-0.25, -0.2) is 0 Å². The third-order valence-corrected chi connectivity index (χ3v) is 1.45. The molecule has 78 valence electrons. The molecule has 0 amide bonds. The molecule has 0 unspecified atom stereocenters. The maximum Gasteiger partial charge on any atom is 0.433 e. The Kier molecular flexibility index (Phi) is 2.47. The largest absolute Gasteiger partial charge is 0.433 e. The Morgan fingerprint density at radius 1 is 1.50 bits per heavy atom. The Morgan fingerprint density at radius 3 is 2.43 bits per heavy atom. The number of hydrogen-bond acceptors (Lipinski definition) is 4. The molecule has 1 aromatic rings. The molecule has 0 aliphatic rings. The molecule has 8 heteroatoms. The molecule has 0 saturated heterocycles. The third-order valence-electron chi connectivity index (χ3n) is 1.45. The van der Waals surface area contributed by atoms with Crippen LogP contribution in [0.3, 0.4) is 0 Å². The highest BCUT2D eigenvalue weighted by Gasteiger charge is 2.40. The summed E-state index contributed by atoms with van der Waals surface area (Å²) >= 11 is 0. The van der Waals surface area contributed by atoms with E-state index in [1.807, 2.05) is 0 Å². The number of halogens is 3. The first kappa shape index (κ1) is 10.5. The van der Waals surface area contributed by atoms with Gasteiger partial charge in [0.2, 0.25) is 0 Å². The average Bonchev–Trinajstić information content (AvgIpc) is 2.48. The van der Waals surface area contributed by atoms with Gasteiger partial charge in [-0.2, -0.15) is 13.2 Å². The van der Waals surface area contributed by atoms with Crippen molar-refractivity contribution < 1.29 is 22.5 Å². The molecule has 0 saturated carbocycles. The van der Waals surface area contributed by atoms with Crippen molar-refractivity contribution in [2.24, 2.45) is 5.73 Å². The minimum atomic E-state index is -4.67. The van der Waals surface area contributed by atoms with E-state index < -0.39 is 28.8 Å². The SMILES string of the molecule is N[C@H](c1ccc([N+](=O)[O-])o1)C(F)(F)F. The zero-order valence-corrected chi connectivity index (χ0v) is 6.62. The van der Waals surface area contributed by atoms with E-state index in [1.165, 1.54) is 0 Å². The maximum atomic E-state index is 12.0. The molecule has 0 spiro atoms. The predicted molar refractivity (Wildman–Crippen MR) is 38.3 cm³/mol. The van der Waals surface area contributed by atoms with Crippen molar-refractivity contribution in [3.8, 4) is 0 Å². The smallest absolute Gasteiger partial charge is 0.404 e. The summed E-state index contributed by atoms with van der Waals surface area (Å²) < 4.78 is 40.3. The molecule has 5 nitrogen and oxygen atoms in total. The first-order valence-corrected chi connectivity index (χ1v) is 3.39. The summed E-state index contributed by atoms with van der Waals surface area (Å²) in [4.78, 5) is 9.14. The second-order valence-electron chi connectivity index (χ2n) is 2.45. The van der Waals surface area contributed by atoms with Gasteiger partial charge >= 0.3 is 12.1 Å². The summed E-state index contributed by atoms with van der Waals surface area (Å²) in [6.45, 7) is 0. The average molecular weight is 210 g/mol. The van der Waals surface area contributed by atoms with Crippen LogP contribution in [0.1, 0.15) is 11.8 Å². The van der Waals surface area contributed by atoms with Crippen LogP contribution in [-0.4, -0.2) is 11.1 Å². The number of nitrogens with zero attached hydrogens (tertiary/aromatic N) is 1. The van der Waals surface area contributed by atoms with Crippen LogP contribution in [0.15, 0.2) is 16.5 Å². The van der Waals surface area contributed by atoms with Gasteiger partial charge in [-0.15, -0.1) is 0 Å². The van der Waals surface area contributed by atoms with Crippen LogP contribution < -0.4 is 5.73 Å². The molecular formula is C6H5F3N2O3. The Balaban J connectivity index is 2.92. The van der Waals surface area contributed by atoms with Gasteiger partial charge in [-0.1, -0.05) is 0 Å². The van der Waals surface area contributed by atoms with Crippen LogP contribution in [0.2, 0.25) is 0 Å². The Bertz CT molecular complexity index is 346. The van der Waals surface area contributed by atoms with Crippen LogP contribution in [0, 0.1) is 10.1 Å². The molecule has 1 rings (SSSR count). The molecule has 0 bridgehead atoms. The van der Waals surface area contributed by atoms with Crippen LogP contribution in [0.25, 0.3) is 0 Å². The van der Waals surface area contributed by atoms with E-state index in [4.69, 9.17) is 5.73 Å². The van der Waals surface area contributed by atoms with E-state index in [9.17, 15) is 23.3 Å². The molecule has 14 heavy (non-hydrogen) atoms. The lowest BCUT2D eigenvalue weighted by molar-refractivity contribution is -0.402. The van der Waals surface area contributed by atoms with E-state index in [2.05, 4.69) is 4.42 Å². The van der Waals surface area contributed by atoms with Crippen molar-refractivity contribution in [3.05, 3.63) is 28.0 Å². The standard InChI is InChI=1S/C6H5F3N2O3/c7-6(8,9)5(10)3-1-2-4(14-3)11(12)13/h1-2,5H,10H2/t5-/m1/s1. The second kappa shape index (κ2) is 3.29. The van der Waals surface area contributed by atoms with Gasteiger partial charge in [0, 0.05) is 0 Å². The Hall–Kier alpha value is -1.57. The summed E-state index contributed by atoms with van der Waals surface area (Å²) in [6, 6.07) is -0.687. The van der Waals surface area contributed by atoms with Gasteiger partial charge in [0.1, 0.15) is 10.7 Å². The van der Waals surface area contributed by atoms with Gasteiger partial charge in [-0.3, -0.25) is 10.1 Å². The van der Waals surface area contributed by atoms with E-state index in [0.717, 1.165) is 12.1 Å². The highest BCUT2D eigenvalue weighted by atomic mass is 19.4. The lowest BCUT2D eigenvalue weighted by Gasteiger charge is -2.11. The van der Waals surface area contributed by atoms with Crippen LogP contribution in [0.4, 0.5) is 19.1 Å². The van der Waals surface area contributed by atoms with E-state index >= 15 is 0 Å². The fraction of sp³-hybridized carbons (Fsp3) is 0.333. The van der Waals surface area contributed by atoms with Crippen molar-refractivity contribution in [2.45, 2.75) is 12.2 Å². The van der Waals surface area contributed by atoms with Crippen molar-refractivity contribution in [2.75, 3.05) is 0 Å². The number of nitrogens with two attached hydrogens (primary N) is 1. The summed E-state index contributed by atoms with van der Waals surface area (Å²) in [5.41, 5.74) is 4.74. The van der Waals surface area contributed by atoms with Crippen LogP contribution in [0.5, 0.6) is 0 Å². The highest BCUT2D eigenvalue weighted by molar-refractivity contribution is 5.20. The number of furan rings is 1. The van der Waals surface area contributed by atoms with Gasteiger partial charge in [0.05, 0.1) is 6.07 Å². The molecule has 1 atom stereocenters. The van der Waals surface area contributed by atoms with E-state index in [0.29, 0.717) is 0 Å². The molecule has 0 radical (unpaired) electrons. The molecular weight excluding hydrogens is 205 g/mol. The quantitative estimate of drug-likeness (QED) is 0.595.